The normalized spacial score (nSPS) is 10.9. The molecule has 1 amide bonds. The first-order valence-electron chi connectivity index (χ1n) is 8.44. The third-order valence-corrected chi connectivity index (χ3v) is 4.27. The standard InChI is InChI=1S/C20H15N3O5/c1-11-3-6-16-15(9-11)22-20(28-16)13-5-4-12(2)14(10-13)21-19(24)17-7-8-18(27-17)23(25)26/h3-10H,1-2H3,(H,21,24). The van der Waals surface area contributed by atoms with E-state index < -0.39 is 16.7 Å². The zero-order valence-electron chi connectivity index (χ0n) is 15.1. The third kappa shape index (κ3) is 3.23. The summed E-state index contributed by atoms with van der Waals surface area (Å²) in [6.07, 6.45) is 0. The number of carbonyl (C=O) groups excluding carboxylic acids is 1. The van der Waals surface area contributed by atoms with Crippen LogP contribution >= 0.6 is 0 Å². The quantitative estimate of drug-likeness (QED) is 0.401. The molecule has 8 nitrogen and oxygen atoms in total. The van der Waals surface area contributed by atoms with Gasteiger partial charge in [-0.3, -0.25) is 14.9 Å². The summed E-state index contributed by atoms with van der Waals surface area (Å²) >= 11 is 0. The van der Waals surface area contributed by atoms with Crippen LogP contribution in [0.1, 0.15) is 21.7 Å². The van der Waals surface area contributed by atoms with Gasteiger partial charge in [-0.05, 0) is 55.3 Å². The number of oxazole rings is 1. The lowest BCUT2D eigenvalue weighted by molar-refractivity contribution is -0.402. The number of amides is 1. The molecule has 0 aliphatic heterocycles. The second-order valence-electron chi connectivity index (χ2n) is 6.37. The predicted octanol–water partition coefficient (Wildman–Crippen LogP) is 4.87. The molecule has 4 rings (SSSR count). The van der Waals surface area contributed by atoms with E-state index in [0.717, 1.165) is 22.7 Å². The molecule has 1 N–H and O–H groups in total. The van der Waals surface area contributed by atoms with Crippen LogP contribution in [-0.2, 0) is 0 Å². The van der Waals surface area contributed by atoms with Crippen molar-refractivity contribution in [3.63, 3.8) is 0 Å². The maximum atomic E-state index is 12.4. The van der Waals surface area contributed by atoms with Crippen molar-refractivity contribution in [1.29, 1.82) is 0 Å². The van der Waals surface area contributed by atoms with Crippen LogP contribution in [0.5, 0.6) is 0 Å². The average molecular weight is 377 g/mol. The van der Waals surface area contributed by atoms with E-state index >= 15 is 0 Å². The van der Waals surface area contributed by atoms with Gasteiger partial charge < -0.3 is 14.2 Å². The fraction of sp³-hybridized carbons (Fsp3) is 0.100. The molecular formula is C20H15N3O5. The summed E-state index contributed by atoms with van der Waals surface area (Å²) in [5, 5.41) is 13.4. The Morgan fingerprint density at radius 2 is 1.89 bits per heavy atom. The summed E-state index contributed by atoms with van der Waals surface area (Å²) in [5.74, 6) is -0.780. The number of nitro groups is 1. The number of hydrogen-bond acceptors (Lipinski definition) is 6. The van der Waals surface area contributed by atoms with Crippen molar-refractivity contribution in [2.24, 2.45) is 0 Å². The summed E-state index contributed by atoms with van der Waals surface area (Å²) in [6, 6.07) is 13.6. The van der Waals surface area contributed by atoms with Crippen LogP contribution in [0.2, 0.25) is 0 Å². The van der Waals surface area contributed by atoms with Crippen LogP contribution in [0.3, 0.4) is 0 Å². The first-order chi connectivity index (χ1) is 13.4. The smallest absolute Gasteiger partial charge is 0.433 e. The molecule has 0 saturated carbocycles. The molecule has 8 heteroatoms. The van der Waals surface area contributed by atoms with E-state index in [4.69, 9.17) is 8.83 Å². The number of benzene rings is 2. The highest BCUT2D eigenvalue weighted by Crippen LogP contribution is 2.29. The maximum absolute atomic E-state index is 12.4. The van der Waals surface area contributed by atoms with E-state index in [9.17, 15) is 14.9 Å². The largest absolute Gasteiger partial charge is 0.436 e. The van der Waals surface area contributed by atoms with Crippen LogP contribution < -0.4 is 5.32 Å². The molecule has 2 aromatic heterocycles. The summed E-state index contributed by atoms with van der Waals surface area (Å²) in [5.41, 5.74) is 4.54. The minimum atomic E-state index is -0.697. The van der Waals surface area contributed by atoms with E-state index in [1.165, 1.54) is 6.07 Å². The molecule has 28 heavy (non-hydrogen) atoms. The number of carbonyl (C=O) groups is 1. The lowest BCUT2D eigenvalue weighted by Gasteiger charge is -2.08. The van der Waals surface area contributed by atoms with Crippen molar-refractivity contribution >= 4 is 28.6 Å². The molecule has 0 unspecified atom stereocenters. The van der Waals surface area contributed by atoms with Gasteiger partial charge in [0.25, 0.3) is 5.91 Å². The lowest BCUT2D eigenvalue weighted by Crippen LogP contribution is -2.12. The van der Waals surface area contributed by atoms with Gasteiger partial charge in [-0.15, -0.1) is 0 Å². The van der Waals surface area contributed by atoms with E-state index in [1.807, 2.05) is 44.2 Å². The van der Waals surface area contributed by atoms with Gasteiger partial charge in [0.1, 0.15) is 10.4 Å². The number of aryl methyl sites for hydroxylation is 2. The number of rotatable bonds is 4. The number of nitrogens with zero attached hydrogens (tertiary/aromatic N) is 2. The number of furan rings is 1. The second-order valence-corrected chi connectivity index (χ2v) is 6.37. The Kier molecular flexibility index (Phi) is 4.15. The van der Waals surface area contributed by atoms with E-state index in [2.05, 4.69) is 10.3 Å². The Morgan fingerprint density at radius 3 is 2.64 bits per heavy atom. The fourth-order valence-corrected chi connectivity index (χ4v) is 2.78. The molecule has 2 heterocycles. The summed E-state index contributed by atoms with van der Waals surface area (Å²) in [6.45, 7) is 3.81. The number of anilines is 1. The van der Waals surface area contributed by atoms with Gasteiger partial charge in [-0.1, -0.05) is 12.1 Å². The number of fused-ring (bicyclic) bond motifs is 1. The Hall–Kier alpha value is -3.94. The van der Waals surface area contributed by atoms with Crippen molar-refractivity contribution in [3.8, 4) is 11.5 Å². The molecule has 0 radical (unpaired) electrons. The van der Waals surface area contributed by atoms with E-state index in [0.29, 0.717) is 22.7 Å². The van der Waals surface area contributed by atoms with Crippen molar-refractivity contribution in [2.45, 2.75) is 13.8 Å². The number of hydrogen-bond donors (Lipinski definition) is 1. The van der Waals surface area contributed by atoms with Crippen molar-refractivity contribution in [3.05, 3.63) is 75.5 Å². The zero-order valence-corrected chi connectivity index (χ0v) is 15.1. The highest BCUT2D eigenvalue weighted by molar-refractivity contribution is 6.03. The molecular weight excluding hydrogens is 362 g/mol. The first-order valence-corrected chi connectivity index (χ1v) is 8.44. The SMILES string of the molecule is Cc1ccc2oc(-c3ccc(C)c(NC(=O)c4ccc([N+](=O)[O-])o4)c3)nc2c1. The number of nitrogens with one attached hydrogen (secondary N) is 1. The molecule has 0 atom stereocenters. The van der Waals surface area contributed by atoms with Gasteiger partial charge in [0, 0.05) is 11.3 Å². The van der Waals surface area contributed by atoms with E-state index in [1.54, 1.807) is 6.07 Å². The van der Waals surface area contributed by atoms with Crippen molar-refractivity contribution in [1.82, 2.24) is 4.98 Å². The predicted molar refractivity (Wildman–Crippen MR) is 102 cm³/mol. The zero-order chi connectivity index (χ0) is 19.8. The van der Waals surface area contributed by atoms with Crippen LogP contribution in [-0.4, -0.2) is 15.8 Å². The Bertz CT molecular complexity index is 1220. The maximum Gasteiger partial charge on any atom is 0.433 e. The van der Waals surface area contributed by atoms with Crippen LogP contribution in [0.4, 0.5) is 11.6 Å². The van der Waals surface area contributed by atoms with Crippen LogP contribution in [0, 0.1) is 24.0 Å². The molecule has 0 aliphatic rings. The van der Waals surface area contributed by atoms with Gasteiger partial charge in [0.15, 0.2) is 11.3 Å². The van der Waals surface area contributed by atoms with Gasteiger partial charge in [-0.2, -0.15) is 0 Å². The van der Waals surface area contributed by atoms with Gasteiger partial charge in [0.2, 0.25) is 5.89 Å². The summed E-state index contributed by atoms with van der Waals surface area (Å²) in [7, 11) is 0. The molecule has 0 saturated heterocycles. The Balaban J connectivity index is 1.64. The molecule has 0 fully saturated rings. The van der Waals surface area contributed by atoms with Gasteiger partial charge >= 0.3 is 5.88 Å². The van der Waals surface area contributed by atoms with Gasteiger partial charge in [-0.25, -0.2) is 4.98 Å². The van der Waals surface area contributed by atoms with Crippen molar-refractivity contribution in [2.75, 3.05) is 5.32 Å². The highest BCUT2D eigenvalue weighted by Gasteiger charge is 2.18. The Morgan fingerprint density at radius 1 is 1.07 bits per heavy atom. The average Bonchev–Trinajstić information content (AvgIpc) is 3.30. The fourth-order valence-electron chi connectivity index (χ4n) is 2.78. The summed E-state index contributed by atoms with van der Waals surface area (Å²) in [4.78, 5) is 26.9. The minimum Gasteiger partial charge on any atom is -0.436 e. The first kappa shape index (κ1) is 17.5. The molecule has 2 aromatic carbocycles. The molecule has 4 aromatic rings. The molecule has 0 bridgehead atoms. The number of aromatic nitrogens is 1. The third-order valence-electron chi connectivity index (χ3n) is 4.27. The second kappa shape index (κ2) is 6.66. The summed E-state index contributed by atoms with van der Waals surface area (Å²) < 4.78 is 10.7. The minimum absolute atomic E-state index is 0.145. The topological polar surface area (TPSA) is 111 Å². The Labute approximate surface area is 158 Å². The van der Waals surface area contributed by atoms with Crippen LogP contribution in [0.25, 0.3) is 22.6 Å². The van der Waals surface area contributed by atoms with Gasteiger partial charge in [0.05, 0.1) is 6.07 Å². The van der Waals surface area contributed by atoms with E-state index in [-0.39, 0.29) is 5.76 Å². The van der Waals surface area contributed by atoms with Crippen molar-refractivity contribution < 1.29 is 18.6 Å². The molecule has 0 spiro atoms. The van der Waals surface area contributed by atoms with Crippen LogP contribution in [0.15, 0.2) is 57.4 Å². The highest BCUT2D eigenvalue weighted by atomic mass is 16.6. The lowest BCUT2D eigenvalue weighted by atomic mass is 10.1. The monoisotopic (exact) mass is 377 g/mol. The molecule has 140 valence electrons. The molecule has 0 aliphatic carbocycles.